The number of nitrogens with two attached hydrogens (primary N) is 1. The average molecular weight is 340 g/mol. The van der Waals surface area contributed by atoms with E-state index in [0.29, 0.717) is 17.8 Å². The van der Waals surface area contributed by atoms with Crippen LogP contribution in [0.3, 0.4) is 0 Å². The number of rotatable bonds is 4. The number of para-hydroxylation sites is 1. The minimum atomic E-state index is 0.210. The van der Waals surface area contributed by atoms with Crippen LogP contribution in [0.5, 0.6) is 0 Å². The van der Waals surface area contributed by atoms with Crippen LogP contribution in [-0.2, 0) is 6.54 Å². The molecule has 126 valence electrons. The van der Waals surface area contributed by atoms with Crippen LogP contribution >= 0.6 is 0 Å². The smallest absolute Gasteiger partial charge is 0.142 e. The van der Waals surface area contributed by atoms with Crippen molar-refractivity contribution in [2.45, 2.75) is 6.54 Å². The first kappa shape index (κ1) is 15.7. The molecule has 0 unspecified atom stereocenters. The number of hydrogen-bond acceptors (Lipinski definition) is 4. The molecule has 0 radical (unpaired) electrons. The van der Waals surface area contributed by atoms with Gasteiger partial charge in [0.1, 0.15) is 17.5 Å². The Kier molecular flexibility index (Phi) is 3.75. The zero-order valence-corrected chi connectivity index (χ0v) is 14.0. The molecule has 0 saturated carbocycles. The Morgan fingerprint density at radius 3 is 2.96 bits per heavy atom. The Morgan fingerprint density at radius 2 is 2.15 bits per heavy atom. The van der Waals surface area contributed by atoms with E-state index in [-0.39, 0.29) is 5.82 Å². The summed E-state index contributed by atoms with van der Waals surface area (Å²) in [7, 11) is 0. The number of fused-ring (bicyclic) bond motifs is 1. The lowest BCUT2D eigenvalue weighted by molar-refractivity contribution is 0.703. The molecule has 0 amide bonds. The molecule has 3 N–H and O–H groups in total. The number of pyridine rings is 1. The number of allylic oxidation sites excluding steroid dienone is 1. The molecule has 4 aromatic rings. The van der Waals surface area contributed by atoms with Gasteiger partial charge in [0.2, 0.25) is 0 Å². The van der Waals surface area contributed by atoms with Gasteiger partial charge in [0.25, 0.3) is 0 Å². The number of anilines is 1. The van der Waals surface area contributed by atoms with Crippen molar-refractivity contribution in [2.24, 2.45) is 0 Å². The third kappa shape index (κ3) is 2.52. The van der Waals surface area contributed by atoms with Crippen molar-refractivity contribution in [3.05, 3.63) is 67.1 Å². The molecule has 3 aromatic heterocycles. The molecule has 0 fully saturated rings. The molecule has 6 heteroatoms. The molecular formula is C20H16N6. The number of aromatic amines is 1. The first-order valence-electron chi connectivity index (χ1n) is 8.12. The fourth-order valence-corrected chi connectivity index (χ4v) is 3.07. The highest BCUT2D eigenvalue weighted by Crippen LogP contribution is 2.33. The molecule has 6 nitrogen and oxygen atoms in total. The zero-order chi connectivity index (χ0) is 18.1. The fraction of sp³-hybridized carbons (Fsp3) is 0.0500. The minimum Gasteiger partial charge on any atom is -0.383 e. The van der Waals surface area contributed by atoms with Crippen molar-refractivity contribution in [1.82, 2.24) is 19.7 Å². The lowest BCUT2D eigenvalue weighted by Gasteiger charge is -2.08. The summed E-state index contributed by atoms with van der Waals surface area (Å²) >= 11 is 0. The first-order chi connectivity index (χ1) is 12.7. The van der Waals surface area contributed by atoms with Gasteiger partial charge in [-0.3, -0.25) is 4.68 Å². The number of nitrogens with one attached hydrogen (secondary N) is 1. The summed E-state index contributed by atoms with van der Waals surface area (Å²) in [6.07, 6.45) is 7.26. The largest absolute Gasteiger partial charge is 0.383 e. The van der Waals surface area contributed by atoms with Crippen molar-refractivity contribution in [3.63, 3.8) is 0 Å². The van der Waals surface area contributed by atoms with E-state index in [9.17, 15) is 5.26 Å². The summed E-state index contributed by atoms with van der Waals surface area (Å²) in [5.41, 5.74) is 10.7. The highest BCUT2D eigenvalue weighted by atomic mass is 15.3. The SMILES string of the molecule is C=CCn1cc(-c2cc(-c3c[nH]c4ccccc34)nc(N)c2C#N)cn1. The molecule has 0 aliphatic rings. The van der Waals surface area contributed by atoms with Gasteiger partial charge in [-0.1, -0.05) is 24.3 Å². The van der Waals surface area contributed by atoms with E-state index < -0.39 is 0 Å². The molecule has 3 heterocycles. The van der Waals surface area contributed by atoms with Crippen LogP contribution < -0.4 is 5.73 Å². The predicted octanol–water partition coefficient (Wildman–Crippen LogP) is 3.73. The van der Waals surface area contributed by atoms with Crippen LogP contribution in [0.2, 0.25) is 0 Å². The molecule has 26 heavy (non-hydrogen) atoms. The quantitative estimate of drug-likeness (QED) is 0.553. The second-order valence-corrected chi connectivity index (χ2v) is 5.91. The Bertz CT molecular complexity index is 1160. The van der Waals surface area contributed by atoms with Gasteiger partial charge in [-0.05, 0) is 12.1 Å². The maximum absolute atomic E-state index is 9.54. The van der Waals surface area contributed by atoms with Gasteiger partial charge in [0, 0.05) is 40.0 Å². The fourth-order valence-electron chi connectivity index (χ4n) is 3.07. The van der Waals surface area contributed by atoms with Crippen molar-refractivity contribution < 1.29 is 0 Å². The van der Waals surface area contributed by atoms with Crippen LogP contribution in [0, 0.1) is 11.3 Å². The average Bonchev–Trinajstić information content (AvgIpc) is 3.28. The molecule has 0 spiro atoms. The van der Waals surface area contributed by atoms with Gasteiger partial charge in [0.15, 0.2) is 0 Å². The minimum absolute atomic E-state index is 0.210. The molecule has 0 bridgehead atoms. The first-order valence-corrected chi connectivity index (χ1v) is 8.12. The number of hydrogen-bond donors (Lipinski definition) is 2. The summed E-state index contributed by atoms with van der Waals surface area (Å²) in [4.78, 5) is 7.70. The number of nitrogens with zero attached hydrogens (tertiary/aromatic N) is 4. The molecule has 0 saturated heterocycles. The van der Waals surface area contributed by atoms with Crippen LogP contribution in [0.4, 0.5) is 5.82 Å². The van der Waals surface area contributed by atoms with Crippen molar-refractivity contribution in [2.75, 3.05) is 5.73 Å². The van der Waals surface area contributed by atoms with Gasteiger partial charge >= 0.3 is 0 Å². The number of H-pyrrole nitrogens is 1. The second kappa shape index (κ2) is 6.22. The summed E-state index contributed by atoms with van der Waals surface area (Å²) in [5, 5.41) is 14.9. The molecule has 4 rings (SSSR count). The monoisotopic (exact) mass is 340 g/mol. The van der Waals surface area contributed by atoms with Gasteiger partial charge < -0.3 is 10.7 Å². The molecular weight excluding hydrogens is 324 g/mol. The van der Waals surface area contributed by atoms with Crippen LogP contribution in [0.1, 0.15) is 5.56 Å². The number of benzene rings is 1. The highest BCUT2D eigenvalue weighted by molar-refractivity contribution is 5.96. The van der Waals surface area contributed by atoms with Gasteiger partial charge in [-0.2, -0.15) is 10.4 Å². The number of nitriles is 1. The van der Waals surface area contributed by atoms with Crippen molar-refractivity contribution in [3.8, 4) is 28.5 Å². The maximum atomic E-state index is 9.54. The zero-order valence-electron chi connectivity index (χ0n) is 14.0. The van der Waals surface area contributed by atoms with Crippen LogP contribution in [0.25, 0.3) is 33.3 Å². The Hall–Kier alpha value is -3.85. The van der Waals surface area contributed by atoms with E-state index in [2.05, 4.69) is 27.7 Å². The van der Waals surface area contributed by atoms with Gasteiger partial charge in [0.05, 0.1) is 18.4 Å². The van der Waals surface area contributed by atoms with Crippen molar-refractivity contribution >= 4 is 16.7 Å². The second-order valence-electron chi connectivity index (χ2n) is 5.91. The Labute approximate surface area is 150 Å². The lowest BCUT2D eigenvalue weighted by Crippen LogP contribution is -1.99. The van der Waals surface area contributed by atoms with E-state index in [1.807, 2.05) is 42.7 Å². The Balaban J connectivity index is 1.91. The maximum Gasteiger partial charge on any atom is 0.142 e. The molecule has 0 aliphatic heterocycles. The summed E-state index contributed by atoms with van der Waals surface area (Å²) in [6.45, 7) is 4.31. The van der Waals surface area contributed by atoms with Gasteiger partial charge in [-0.25, -0.2) is 4.98 Å². The Morgan fingerprint density at radius 1 is 1.31 bits per heavy atom. The number of nitrogen functional groups attached to an aromatic ring is 1. The van der Waals surface area contributed by atoms with E-state index in [0.717, 1.165) is 27.6 Å². The van der Waals surface area contributed by atoms with Gasteiger partial charge in [-0.15, -0.1) is 6.58 Å². The standard InChI is InChI=1S/C20H16N6/c1-2-7-26-12-13(10-24-26)15-8-19(25-20(22)16(15)9-21)17-11-23-18-6-4-3-5-14(17)18/h2-6,8,10-12,23H,1,7H2,(H2,22,25). The van der Waals surface area contributed by atoms with E-state index in [1.54, 1.807) is 17.0 Å². The normalized spacial score (nSPS) is 10.7. The molecule has 0 atom stereocenters. The molecule has 1 aromatic carbocycles. The highest BCUT2D eigenvalue weighted by Gasteiger charge is 2.16. The third-order valence-corrected chi connectivity index (χ3v) is 4.28. The third-order valence-electron chi connectivity index (χ3n) is 4.28. The summed E-state index contributed by atoms with van der Waals surface area (Å²) in [5.74, 6) is 0.210. The topological polar surface area (TPSA) is 96.3 Å². The van der Waals surface area contributed by atoms with E-state index >= 15 is 0 Å². The number of aromatic nitrogens is 4. The summed E-state index contributed by atoms with van der Waals surface area (Å²) < 4.78 is 1.76. The lowest BCUT2D eigenvalue weighted by atomic mass is 10.0. The predicted molar refractivity (Wildman–Crippen MR) is 102 cm³/mol. The van der Waals surface area contributed by atoms with Crippen LogP contribution in [-0.4, -0.2) is 19.7 Å². The van der Waals surface area contributed by atoms with E-state index in [4.69, 9.17) is 5.73 Å². The van der Waals surface area contributed by atoms with E-state index in [1.165, 1.54) is 0 Å². The molecule has 0 aliphatic carbocycles. The van der Waals surface area contributed by atoms with Crippen LogP contribution in [0.15, 0.2) is 61.6 Å². The van der Waals surface area contributed by atoms with Crippen molar-refractivity contribution in [1.29, 1.82) is 5.26 Å². The summed E-state index contributed by atoms with van der Waals surface area (Å²) in [6, 6.07) is 12.0.